The van der Waals surface area contributed by atoms with Crippen LogP contribution in [-0.4, -0.2) is 41.8 Å². The van der Waals surface area contributed by atoms with E-state index < -0.39 is 11.9 Å². The molecule has 1 aromatic rings. The molecule has 1 N–H and O–H groups in total. The van der Waals surface area contributed by atoms with Gasteiger partial charge in [0.05, 0.1) is 5.56 Å². The van der Waals surface area contributed by atoms with Gasteiger partial charge >= 0.3 is 0 Å². The number of nitrogens with zero attached hydrogens (tertiary/aromatic N) is 2. The SMILES string of the molecule is CC(C)CC(NC(=O)c1cc(Br)cnc1Cl)C(=O)N(C)C. The molecule has 116 valence electrons. The van der Waals surface area contributed by atoms with Gasteiger partial charge in [0, 0.05) is 24.8 Å². The van der Waals surface area contributed by atoms with E-state index in [0.717, 1.165) is 0 Å². The summed E-state index contributed by atoms with van der Waals surface area (Å²) in [6.07, 6.45) is 2.07. The molecule has 21 heavy (non-hydrogen) atoms. The molecule has 0 bridgehead atoms. The Kier molecular flexibility index (Phi) is 6.61. The number of hydrogen-bond acceptors (Lipinski definition) is 3. The Bertz CT molecular complexity index is 535. The summed E-state index contributed by atoms with van der Waals surface area (Å²) >= 11 is 9.18. The van der Waals surface area contributed by atoms with Crippen molar-refractivity contribution >= 4 is 39.3 Å². The molecule has 1 aromatic heterocycles. The molecule has 7 heteroatoms. The van der Waals surface area contributed by atoms with Gasteiger partial charge in [-0.15, -0.1) is 0 Å². The zero-order valence-corrected chi connectivity index (χ0v) is 14.8. The van der Waals surface area contributed by atoms with E-state index in [0.29, 0.717) is 10.9 Å². The van der Waals surface area contributed by atoms with E-state index in [1.165, 1.54) is 11.1 Å². The molecular formula is C14H19BrClN3O2. The van der Waals surface area contributed by atoms with Gasteiger partial charge in [0.2, 0.25) is 5.91 Å². The molecule has 0 fully saturated rings. The van der Waals surface area contributed by atoms with E-state index in [1.54, 1.807) is 20.2 Å². The van der Waals surface area contributed by atoms with Gasteiger partial charge in [-0.3, -0.25) is 9.59 Å². The maximum atomic E-state index is 12.3. The lowest BCUT2D eigenvalue weighted by atomic mass is 10.0. The summed E-state index contributed by atoms with van der Waals surface area (Å²) in [4.78, 5) is 29.8. The van der Waals surface area contributed by atoms with Crippen LogP contribution in [0, 0.1) is 5.92 Å². The molecule has 1 atom stereocenters. The lowest BCUT2D eigenvalue weighted by Gasteiger charge is -2.23. The standard InChI is InChI=1S/C14H19BrClN3O2/c1-8(2)5-11(14(21)19(3)4)18-13(20)10-6-9(15)7-17-12(10)16/h6-8,11H,5H2,1-4H3,(H,18,20). The summed E-state index contributed by atoms with van der Waals surface area (Å²) in [6, 6.07) is 1.000. The smallest absolute Gasteiger partial charge is 0.255 e. The molecular weight excluding hydrogens is 358 g/mol. The monoisotopic (exact) mass is 375 g/mol. The summed E-state index contributed by atoms with van der Waals surface area (Å²) in [5, 5.41) is 2.85. The number of aromatic nitrogens is 1. The molecule has 0 aliphatic carbocycles. The summed E-state index contributed by atoms with van der Waals surface area (Å²) in [6.45, 7) is 3.99. The Balaban J connectivity index is 2.94. The zero-order valence-electron chi connectivity index (χ0n) is 12.5. The topological polar surface area (TPSA) is 62.3 Å². The first-order valence-electron chi connectivity index (χ1n) is 6.55. The molecule has 1 heterocycles. The molecule has 0 aromatic carbocycles. The van der Waals surface area contributed by atoms with E-state index in [-0.39, 0.29) is 22.5 Å². The maximum Gasteiger partial charge on any atom is 0.255 e. The number of halogens is 2. The number of rotatable bonds is 5. The molecule has 5 nitrogen and oxygen atoms in total. The summed E-state index contributed by atoms with van der Waals surface area (Å²) in [5.41, 5.74) is 0.242. The number of amides is 2. The Morgan fingerprint density at radius 1 is 1.43 bits per heavy atom. The van der Waals surface area contributed by atoms with Crippen molar-refractivity contribution in [3.8, 4) is 0 Å². The molecule has 0 aliphatic heterocycles. The molecule has 0 saturated heterocycles. The van der Waals surface area contributed by atoms with E-state index in [2.05, 4.69) is 26.2 Å². The third-order valence-electron chi connectivity index (χ3n) is 2.80. The lowest BCUT2D eigenvalue weighted by Crippen LogP contribution is -2.47. The van der Waals surface area contributed by atoms with Gasteiger partial charge in [0.1, 0.15) is 11.2 Å². The van der Waals surface area contributed by atoms with Crippen molar-refractivity contribution in [2.75, 3.05) is 14.1 Å². The summed E-state index contributed by atoms with van der Waals surface area (Å²) < 4.78 is 0.649. The second-order valence-corrected chi connectivity index (χ2v) is 6.65. The van der Waals surface area contributed by atoms with Gasteiger partial charge < -0.3 is 10.2 Å². The van der Waals surface area contributed by atoms with Gasteiger partial charge in [0.25, 0.3) is 5.91 Å². The number of hydrogen-bond donors (Lipinski definition) is 1. The van der Waals surface area contributed by atoms with Crippen LogP contribution in [0.4, 0.5) is 0 Å². The van der Waals surface area contributed by atoms with Crippen LogP contribution in [0.3, 0.4) is 0 Å². The fourth-order valence-electron chi connectivity index (χ4n) is 1.82. The minimum atomic E-state index is -0.581. The van der Waals surface area contributed by atoms with E-state index in [4.69, 9.17) is 11.6 Å². The minimum Gasteiger partial charge on any atom is -0.347 e. The highest BCUT2D eigenvalue weighted by atomic mass is 79.9. The quantitative estimate of drug-likeness (QED) is 0.804. The molecule has 0 radical (unpaired) electrons. The number of likely N-dealkylation sites (N-methyl/N-ethyl adjacent to an activating group) is 1. The predicted octanol–water partition coefficient (Wildman–Crippen LogP) is 2.73. The van der Waals surface area contributed by atoms with Crippen LogP contribution in [0.25, 0.3) is 0 Å². The molecule has 0 aliphatic rings. The second-order valence-electron chi connectivity index (χ2n) is 5.38. The Morgan fingerprint density at radius 3 is 2.57 bits per heavy atom. The number of carbonyl (C=O) groups is 2. The molecule has 2 amide bonds. The largest absolute Gasteiger partial charge is 0.347 e. The summed E-state index contributed by atoms with van der Waals surface area (Å²) in [5.74, 6) is -0.277. The van der Waals surface area contributed by atoms with Crippen LogP contribution in [0.5, 0.6) is 0 Å². The van der Waals surface area contributed by atoms with Gasteiger partial charge in [0.15, 0.2) is 0 Å². The first-order chi connectivity index (χ1) is 9.72. The highest BCUT2D eigenvalue weighted by Crippen LogP contribution is 2.18. The van der Waals surface area contributed by atoms with Crippen LogP contribution in [0.2, 0.25) is 5.15 Å². The highest BCUT2D eigenvalue weighted by molar-refractivity contribution is 9.10. The zero-order chi connectivity index (χ0) is 16.2. The number of nitrogens with one attached hydrogen (secondary N) is 1. The van der Waals surface area contributed by atoms with Crippen LogP contribution in [0.15, 0.2) is 16.7 Å². The lowest BCUT2D eigenvalue weighted by molar-refractivity contribution is -0.131. The Labute approximate surface area is 138 Å². The third-order valence-corrected chi connectivity index (χ3v) is 3.54. The van der Waals surface area contributed by atoms with Crippen molar-refractivity contribution in [1.82, 2.24) is 15.2 Å². The van der Waals surface area contributed by atoms with Crippen molar-refractivity contribution in [1.29, 1.82) is 0 Å². The molecule has 1 unspecified atom stereocenters. The van der Waals surface area contributed by atoms with Crippen LogP contribution in [0.1, 0.15) is 30.6 Å². The fourth-order valence-corrected chi connectivity index (χ4v) is 2.34. The van der Waals surface area contributed by atoms with Crippen LogP contribution >= 0.6 is 27.5 Å². The van der Waals surface area contributed by atoms with Crippen molar-refractivity contribution in [2.45, 2.75) is 26.3 Å². The summed E-state index contributed by atoms with van der Waals surface area (Å²) in [7, 11) is 3.32. The Hall–Kier alpha value is -1.14. The average Bonchev–Trinajstić information content (AvgIpc) is 2.39. The fraction of sp³-hybridized carbons (Fsp3) is 0.500. The van der Waals surface area contributed by atoms with Crippen molar-refractivity contribution in [2.24, 2.45) is 5.92 Å². The first-order valence-corrected chi connectivity index (χ1v) is 7.72. The van der Waals surface area contributed by atoms with E-state index in [9.17, 15) is 9.59 Å². The second kappa shape index (κ2) is 7.75. The number of pyridine rings is 1. The normalized spacial score (nSPS) is 12.1. The highest BCUT2D eigenvalue weighted by Gasteiger charge is 2.25. The maximum absolute atomic E-state index is 12.3. The Morgan fingerprint density at radius 2 is 2.05 bits per heavy atom. The van der Waals surface area contributed by atoms with Crippen molar-refractivity contribution in [3.05, 3.63) is 27.5 Å². The predicted molar refractivity (Wildman–Crippen MR) is 86.4 cm³/mol. The van der Waals surface area contributed by atoms with Crippen LogP contribution < -0.4 is 5.32 Å². The number of carbonyl (C=O) groups excluding carboxylic acids is 2. The van der Waals surface area contributed by atoms with Gasteiger partial charge in [-0.1, -0.05) is 25.4 Å². The van der Waals surface area contributed by atoms with E-state index >= 15 is 0 Å². The third kappa shape index (κ3) is 5.28. The molecule has 0 spiro atoms. The van der Waals surface area contributed by atoms with Gasteiger partial charge in [-0.05, 0) is 34.3 Å². The minimum absolute atomic E-state index is 0.108. The average molecular weight is 377 g/mol. The first kappa shape index (κ1) is 17.9. The van der Waals surface area contributed by atoms with Gasteiger partial charge in [-0.25, -0.2) is 4.98 Å². The van der Waals surface area contributed by atoms with Crippen molar-refractivity contribution < 1.29 is 9.59 Å². The van der Waals surface area contributed by atoms with Crippen LogP contribution in [-0.2, 0) is 4.79 Å². The van der Waals surface area contributed by atoms with E-state index in [1.807, 2.05) is 13.8 Å². The molecule has 0 saturated carbocycles. The van der Waals surface area contributed by atoms with Gasteiger partial charge in [-0.2, -0.15) is 0 Å². The van der Waals surface area contributed by atoms with Crippen molar-refractivity contribution in [3.63, 3.8) is 0 Å². The molecule has 1 rings (SSSR count).